The highest BCUT2D eigenvalue weighted by atomic mass is 79.9. The number of nitrogens with one attached hydrogen (secondary N) is 1. The molecule has 0 bridgehead atoms. The number of aryl methyl sites for hydroxylation is 1. The average molecular weight is 326 g/mol. The molecule has 0 saturated heterocycles. The highest BCUT2D eigenvalue weighted by molar-refractivity contribution is 9.10. The summed E-state index contributed by atoms with van der Waals surface area (Å²) in [7, 11) is 0. The standard InChI is InChI=1S/C15H20BrNO2/c1-10-8-12(16)6-7-13(10)15(19)17-9-14(18)11-4-2-3-5-11/h6-8,11,14,18H,2-5,9H2,1H3,(H,17,19). The fourth-order valence-electron chi connectivity index (χ4n) is 2.68. The van der Waals surface area contributed by atoms with Crippen molar-refractivity contribution in [1.29, 1.82) is 0 Å². The Morgan fingerprint density at radius 1 is 1.47 bits per heavy atom. The number of halogens is 1. The van der Waals surface area contributed by atoms with Gasteiger partial charge in [-0.05, 0) is 49.4 Å². The second-order valence-corrected chi connectivity index (χ2v) is 6.20. The van der Waals surface area contributed by atoms with Crippen LogP contribution in [0.3, 0.4) is 0 Å². The number of carbonyl (C=O) groups excluding carboxylic acids is 1. The quantitative estimate of drug-likeness (QED) is 0.893. The largest absolute Gasteiger partial charge is 0.391 e. The smallest absolute Gasteiger partial charge is 0.251 e. The third-order valence-corrected chi connectivity index (χ3v) is 4.34. The van der Waals surface area contributed by atoms with Crippen LogP contribution in [0.4, 0.5) is 0 Å². The summed E-state index contributed by atoms with van der Waals surface area (Å²) < 4.78 is 0.965. The van der Waals surface area contributed by atoms with Crippen LogP contribution in [0.5, 0.6) is 0 Å². The molecule has 1 aliphatic rings. The summed E-state index contributed by atoms with van der Waals surface area (Å²) in [5.74, 6) is 0.244. The van der Waals surface area contributed by atoms with Crippen molar-refractivity contribution in [3.8, 4) is 0 Å². The molecule has 0 heterocycles. The number of amides is 1. The van der Waals surface area contributed by atoms with E-state index < -0.39 is 6.10 Å². The predicted molar refractivity (Wildman–Crippen MR) is 79.2 cm³/mol. The first-order valence-electron chi connectivity index (χ1n) is 6.80. The topological polar surface area (TPSA) is 49.3 Å². The summed E-state index contributed by atoms with van der Waals surface area (Å²) in [5.41, 5.74) is 1.60. The number of carbonyl (C=O) groups is 1. The molecule has 3 nitrogen and oxygen atoms in total. The molecule has 1 fully saturated rings. The fourth-order valence-corrected chi connectivity index (χ4v) is 3.16. The Morgan fingerprint density at radius 2 is 2.16 bits per heavy atom. The number of benzene rings is 1. The maximum Gasteiger partial charge on any atom is 0.251 e. The maximum absolute atomic E-state index is 12.1. The molecular formula is C15H20BrNO2. The van der Waals surface area contributed by atoms with E-state index in [-0.39, 0.29) is 5.91 Å². The molecule has 1 aromatic rings. The minimum absolute atomic E-state index is 0.109. The van der Waals surface area contributed by atoms with Gasteiger partial charge in [-0.3, -0.25) is 4.79 Å². The number of aliphatic hydroxyl groups is 1. The number of hydrogen-bond donors (Lipinski definition) is 2. The van der Waals surface area contributed by atoms with E-state index >= 15 is 0 Å². The van der Waals surface area contributed by atoms with Crippen molar-refractivity contribution < 1.29 is 9.90 Å². The first kappa shape index (κ1) is 14.5. The average Bonchev–Trinajstić information content (AvgIpc) is 2.89. The van der Waals surface area contributed by atoms with Crippen molar-refractivity contribution in [1.82, 2.24) is 5.32 Å². The number of hydrogen-bond acceptors (Lipinski definition) is 2. The molecule has 0 aliphatic heterocycles. The van der Waals surface area contributed by atoms with Crippen LogP contribution in [0.2, 0.25) is 0 Å². The van der Waals surface area contributed by atoms with Gasteiger partial charge < -0.3 is 10.4 Å². The molecule has 19 heavy (non-hydrogen) atoms. The Balaban J connectivity index is 1.90. The van der Waals surface area contributed by atoms with Gasteiger partial charge in [-0.15, -0.1) is 0 Å². The van der Waals surface area contributed by atoms with E-state index in [4.69, 9.17) is 0 Å². The van der Waals surface area contributed by atoms with Crippen molar-refractivity contribution in [2.24, 2.45) is 5.92 Å². The van der Waals surface area contributed by atoms with Crippen LogP contribution in [0.25, 0.3) is 0 Å². The van der Waals surface area contributed by atoms with Crippen LogP contribution in [-0.2, 0) is 0 Å². The monoisotopic (exact) mass is 325 g/mol. The second-order valence-electron chi connectivity index (χ2n) is 5.28. The Kier molecular flexibility index (Phi) is 4.99. The van der Waals surface area contributed by atoms with Crippen molar-refractivity contribution >= 4 is 21.8 Å². The summed E-state index contributed by atoms with van der Waals surface area (Å²) in [6, 6.07) is 5.58. The number of aliphatic hydroxyl groups excluding tert-OH is 1. The van der Waals surface area contributed by atoms with E-state index in [0.29, 0.717) is 18.0 Å². The second kappa shape index (κ2) is 6.53. The van der Waals surface area contributed by atoms with Crippen LogP contribution in [0, 0.1) is 12.8 Å². The highest BCUT2D eigenvalue weighted by Crippen LogP contribution is 2.27. The van der Waals surface area contributed by atoms with E-state index in [0.717, 1.165) is 22.9 Å². The molecule has 0 radical (unpaired) electrons. The third-order valence-electron chi connectivity index (χ3n) is 3.85. The van der Waals surface area contributed by atoms with Crippen LogP contribution in [-0.4, -0.2) is 23.7 Å². The van der Waals surface area contributed by atoms with Crippen LogP contribution >= 0.6 is 15.9 Å². The van der Waals surface area contributed by atoms with Crippen molar-refractivity contribution in [3.63, 3.8) is 0 Å². The summed E-state index contributed by atoms with van der Waals surface area (Å²) in [6.07, 6.45) is 4.13. The fraction of sp³-hybridized carbons (Fsp3) is 0.533. The lowest BCUT2D eigenvalue weighted by Crippen LogP contribution is -2.35. The minimum atomic E-state index is -0.415. The molecule has 2 rings (SSSR count). The van der Waals surface area contributed by atoms with E-state index in [1.165, 1.54) is 12.8 Å². The summed E-state index contributed by atoms with van der Waals surface area (Å²) in [4.78, 5) is 12.1. The Bertz CT molecular complexity index is 455. The van der Waals surface area contributed by atoms with Gasteiger partial charge >= 0.3 is 0 Å². The Morgan fingerprint density at radius 3 is 2.79 bits per heavy atom. The van der Waals surface area contributed by atoms with Gasteiger partial charge in [-0.2, -0.15) is 0 Å². The first-order chi connectivity index (χ1) is 9.08. The Hall–Kier alpha value is -0.870. The molecule has 1 saturated carbocycles. The van der Waals surface area contributed by atoms with Gasteiger partial charge in [0.15, 0.2) is 0 Å². The molecule has 2 N–H and O–H groups in total. The molecule has 1 amide bonds. The molecule has 1 atom stereocenters. The van der Waals surface area contributed by atoms with Crippen molar-refractivity contribution in [2.75, 3.05) is 6.54 Å². The highest BCUT2D eigenvalue weighted by Gasteiger charge is 2.23. The zero-order valence-corrected chi connectivity index (χ0v) is 12.7. The van der Waals surface area contributed by atoms with E-state index in [2.05, 4.69) is 21.2 Å². The molecule has 0 aromatic heterocycles. The van der Waals surface area contributed by atoms with E-state index in [1.807, 2.05) is 19.1 Å². The summed E-state index contributed by atoms with van der Waals surface area (Å²) in [5, 5.41) is 12.9. The normalized spacial score (nSPS) is 17.4. The van der Waals surface area contributed by atoms with Crippen LogP contribution in [0.1, 0.15) is 41.6 Å². The summed E-state index contributed by atoms with van der Waals surface area (Å²) >= 11 is 3.38. The van der Waals surface area contributed by atoms with E-state index in [9.17, 15) is 9.90 Å². The van der Waals surface area contributed by atoms with Gasteiger partial charge in [0.1, 0.15) is 0 Å². The van der Waals surface area contributed by atoms with Crippen molar-refractivity contribution in [3.05, 3.63) is 33.8 Å². The molecule has 104 valence electrons. The van der Waals surface area contributed by atoms with Gasteiger partial charge in [-0.25, -0.2) is 0 Å². The van der Waals surface area contributed by atoms with E-state index in [1.54, 1.807) is 6.07 Å². The van der Waals surface area contributed by atoms with Crippen molar-refractivity contribution in [2.45, 2.75) is 38.7 Å². The molecular weight excluding hydrogens is 306 g/mol. The lowest BCUT2D eigenvalue weighted by molar-refractivity contribution is 0.0840. The van der Waals surface area contributed by atoms with Gasteiger partial charge in [0.05, 0.1) is 6.10 Å². The molecule has 1 aliphatic carbocycles. The maximum atomic E-state index is 12.1. The molecule has 4 heteroatoms. The van der Waals surface area contributed by atoms with Gasteiger partial charge in [-0.1, -0.05) is 28.8 Å². The third kappa shape index (κ3) is 3.80. The minimum Gasteiger partial charge on any atom is -0.391 e. The molecule has 1 unspecified atom stereocenters. The lowest BCUT2D eigenvalue weighted by Gasteiger charge is -2.18. The van der Waals surface area contributed by atoms with Crippen LogP contribution in [0.15, 0.2) is 22.7 Å². The van der Waals surface area contributed by atoms with Gasteiger partial charge in [0.25, 0.3) is 5.91 Å². The molecule has 0 spiro atoms. The number of rotatable bonds is 4. The SMILES string of the molecule is Cc1cc(Br)ccc1C(=O)NCC(O)C1CCCC1. The molecule has 1 aromatic carbocycles. The Labute approximate surface area is 122 Å². The summed E-state index contributed by atoms with van der Waals surface area (Å²) in [6.45, 7) is 2.26. The van der Waals surface area contributed by atoms with Gasteiger partial charge in [0, 0.05) is 16.6 Å². The predicted octanol–water partition coefficient (Wildman–Crippen LogP) is 3.04. The zero-order chi connectivity index (χ0) is 13.8. The lowest BCUT2D eigenvalue weighted by atomic mass is 10.0. The first-order valence-corrected chi connectivity index (χ1v) is 7.59. The zero-order valence-electron chi connectivity index (χ0n) is 11.2. The van der Waals surface area contributed by atoms with Crippen LogP contribution < -0.4 is 5.32 Å². The van der Waals surface area contributed by atoms with Gasteiger partial charge in [0.2, 0.25) is 0 Å².